The molecule has 1 N–H and O–H groups in total. The number of H-pyrrole nitrogens is 1. The highest BCUT2D eigenvalue weighted by Gasteiger charge is 2.28. The Balaban J connectivity index is 1.96. The maximum Gasteiger partial charge on any atom is 0.330 e. The maximum atomic E-state index is 11.6. The topological polar surface area (TPSA) is 82.6 Å². The van der Waals surface area contributed by atoms with Gasteiger partial charge in [-0.3, -0.25) is 14.3 Å². The van der Waals surface area contributed by atoms with Crippen molar-refractivity contribution in [3.63, 3.8) is 0 Å². The van der Waals surface area contributed by atoms with Crippen molar-refractivity contribution >= 4 is 11.8 Å². The first-order valence-electron chi connectivity index (χ1n) is 5.53. The summed E-state index contributed by atoms with van der Waals surface area (Å²) in [4.78, 5) is 34.4. The fourth-order valence-corrected chi connectivity index (χ4v) is 2.49. The molecule has 1 saturated heterocycles. The molecule has 0 bridgehead atoms. The van der Waals surface area contributed by atoms with Gasteiger partial charge in [0.05, 0.1) is 6.61 Å². The van der Waals surface area contributed by atoms with E-state index in [1.54, 1.807) is 0 Å². The molecular weight excluding hydrogens is 260 g/mol. The molecule has 7 nitrogen and oxygen atoms in total. The van der Waals surface area contributed by atoms with Gasteiger partial charge in [0.2, 0.25) is 0 Å². The second-order valence-electron chi connectivity index (χ2n) is 3.56. The van der Waals surface area contributed by atoms with Crippen molar-refractivity contribution in [1.82, 2.24) is 9.55 Å². The van der Waals surface area contributed by atoms with E-state index in [4.69, 9.17) is 14.5 Å². The first-order chi connectivity index (χ1) is 8.70. The Morgan fingerprint density at radius 3 is 3.11 bits per heavy atom. The molecule has 1 aliphatic heterocycles. The van der Waals surface area contributed by atoms with E-state index < -0.39 is 17.5 Å². The van der Waals surface area contributed by atoms with E-state index in [0.29, 0.717) is 19.0 Å². The smallest absolute Gasteiger partial charge is 0.330 e. The molecule has 0 aliphatic carbocycles. The SMILES string of the molecule is CCOOCC1OC(n2ccc(=O)[nH]c2=O)CS1. The number of rotatable bonds is 5. The fraction of sp³-hybridized carbons (Fsp3) is 0.600. The van der Waals surface area contributed by atoms with Crippen molar-refractivity contribution in [3.8, 4) is 0 Å². The highest BCUT2D eigenvalue weighted by atomic mass is 32.2. The summed E-state index contributed by atoms with van der Waals surface area (Å²) in [7, 11) is 0. The van der Waals surface area contributed by atoms with Crippen molar-refractivity contribution in [1.29, 1.82) is 0 Å². The summed E-state index contributed by atoms with van der Waals surface area (Å²) in [6, 6.07) is 1.29. The summed E-state index contributed by atoms with van der Waals surface area (Å²) in [5, 5.41) is 0. The molecule has 0 radical (unpaired) electrons. The molecular formula is C10H14N2O5S. The summed E-state index contributed by atoms with van der Waals surface area (Å²) in [6.07, 6.45) is 1.03. The molecule has 100 valence electrons. The van der Waals surface area contributed by atoms with Gasteiger partial charge in [-0.05, 0) is 6.92 Å². The molecule has 0 saturated carbocycles. The summed E-state index contributed by atoms with van der Waals surface area (Å²) < 4.78 is 6.97. The summed E-state index contributed by atoms with van der Waals surface area (Å²) in [6.45, 7) is 2.60. The first-order valence-corrected chi connectivity index (χ1v) is 6.58. The number of nitrogens with zero attached hydrogens (tertiary/aromatic N) is 1. The van der Waals surface area contributed by atoms with Gasteiger partial charge in [-0.15, -0.1) is 11.8 Å². The van der Waals surface area contributed by atoms with E-state index in [1.165, 1.54) is 28.6 Å². The van der Waals surface area contributed by atoms with Crippen LogP contribution in [0.4, 0.5) is 0 Å². The third-order valence-electron chi connectivity index (χ3n) is 2.30. The van der Waals surface area contributed by atoms with E-state index >= 15 is 0 Å². The van der Waals surface area contributed by atoms with Crippen LogP contribution in [-0.4, -0.2) is 34.0 Å². The maximum absolute atomic E-state index is 11.6. The van der Waals surface area contributed by atoms with Crippen molar-refractivity contribution in [2.24, 2.45) is 0 Å². The van der Waals surface area contributed by atoms with E-state index in [9.17, 15) is 9.59 Å². The molecule has 18 heavy (non-hydrogen) atoms. The molecule has 8 heteroatoms. The lowest BCUT2D eigenvalue weighted by Gasteiger charge is -2.13. The average molecular weight is 274 g/mol. The highest BCUT2D eigenvalue weighted by molar-refractivity contribution is 8.00. The number of hydrogen-bond donors (Lipinski definition) is 1. The summed E-state index contributed by atoms with van der Waals surface area (Å²) in [5.41, 5.74) is -1.07. The van der Waals surface area contributed by atoms with Gasteiger partial charge in [-0.2, -0.15) is 0 Å². The van der Waals surface area contributed by atoms with Gasteiger partial charge in [0.1, 0.15) is 18.3 Å². The lowest BCUT2D eigenvalue weighted by molar-refractivity contribution is -0.299. The van der Waals surface area contributed by atoms with Gasteiger partial charge >= 0.3 is 5.69 Å². The quantitative estimate of drug-likeness (QED) is 0.465. The standard InChI is InChI=1S/C10H14N2O5S/c1-2-15-16-5-9-17-8(6-18-9)12-4-3-7(13)11-10(12)14/h3-4,8-9H,2,5-6H2,1H3,(H,11,13,14). The molecule has 2 heterocycles. The lowest BCUT2D eigenvalue weighted by Crippen LogP contribution is -2.32. The molecule has 2 atom stereocenters. The second-order valence-corrected chi connectivity index (χ2v) is 4.75. The Morgan fingerprint density at radius 2 is 2.39 bits per heavy atom. The second kappa shape index (κ2) is 6.19. The van der Waals surface area contributed by atoms with Crippen molar-refractivity contribution in [3.05, 3.63) is 33.1 Å². The molecule has 0 amide bonds. The van der Waals surface area contributed by atoms with Gasteiger partial charge in [0, 0.05) is 18.0 Å². The average Bonchev–Trinajstić information content (AvgIpc) is 2.78. The van der Waals surface area contributed by atoms with Crippen molar-refractivity contribution in [2.75, 3.05) is 19.0 Å². The molecule has 2 rings (SSSR count). The van der Waals surface area contributed by atoms with Gasteiger partial charge in [-0.1, -0.05) is 0 Å². The zero-order valence-electron chi connectivity index (χ0n) is 9.83. The van der Waals surface area contributed by atoms with Crippen LogP contribution in [0.25, 0.3) is 0 Å². The van der Waals surface area contributed by atoms with Crippen LogP contribution in [0, 0.1) is 0 Å². The van der Waals surface area contributed by atoms with Crippen LogP contribution in [0.3, 0.4) is 0 Å². The number of ether oxygens (including phenoxy) is 1. The van der Waals surface area contributed by atoms with Crippen LogP contribution in [0.2, 0.25) is 0 Å². The van der Waals surface area contributed by atoms with Crippen molar-refractivity contribution in [2.45, 2.75) is 18.6 Å². The molecule has 0 spiro atoms. The predicted octanol–water partition coefficient (Wildman–Crippen LogP) is 0.0928. The molecule has 2 unspecified atom stereocenters. The Hall–Kier alpha value is -1.09. The van der Waals surface area contributed by atoms with Crippen LogP contribution < -0.4 is 11.2 Å². The van der Waals surface area contributed by atoms with Gasteiger partial charge < -0.3 is 4.74 Å². The number of nitrogens with one attached hydrogen (secondary N) is 1. The minimum Gasteiger partial charge on any atom is -0.341 e. The largest absolute Gasteiger partial charge is 0.341 e. The van der Waals surface area contributed by atoms with Crippen LogP contribution in [0.15, 0.2) is 21.9 Å². The minimum atomic E-state index is -0.473. The van der Waals surface area contributed by atoms with Crippen LogP contribution in [-0.2, 0) is 14.5 Å². The molecule has 1 aromatic rings. The zero-order chi connectivity index (χ0) is 13.0. The minimum absolute atomic E-state index is 0.180. The molecule has 1 aromatic heterocycles. The number of hydrogen-bond acceptors (Lipinski definition) is 6. The van der Waals surface area contributed by atoms with Crippen LogP contribution in [0.5, 0.6) is 0 Å². The van der Waals surface area contributed by atoms with Gasteiger partial charge in [-0.25, -0.2) is 14.6 Å². The first kappa shape index (κ1) is 13.3. The zero-order valence-corrected chi connectivity index (χ0v) is 10.6. The lowest BCUT2D eigenvalue weighted by atomic mass is 10.5. The van der Waals surface area contributed by atoms with Crippen molar-refractivity contribution < 1.29 is 14.5 Å². The third kappa shape index (κ3) is 3.22. The molecule has 1 aliphatic rings. The van der Waals surface area contributed by atoms with E-state index in [2.05, 4.69) is 4.98 Å². The van der Waals surface area contributed by atoms with E-state index in [1.807, 2.05) is 6.92 Å². The number of aromatic nitrogens is 2. The van der Waals surface area contributed by atoms with Crippen LogP contribution >= 0.6 is 11.8 Å². The monoisotopic (exact) mass is 274 g/mol. The summed E-state index contributed by atoms with van der Waals surface area (Å²) in [5.74, 6) is 0.617. The van der Waals surface area contributed by atoms with E-state index in [-0.39, 0.29) is 5.44 Å². The molecule has 0 aromatic carbocycles. The predicted molar refractivity (Wildman–Crippen MR) is 65.3 cm³/mol. The fourth-order valence-electron chi connectivity index (χ4n) is 1.52. The van der Waals surface area contributed by atoms with Gasteiger partial charge in [0.25, 0.3) is 5.56 Å². The Morgan fingerprint density at radius 1 is 1.56 bits per heavy atom. The summed E-state index contributed by atoms with van der Waals surface area (Å²) >= 11 is 1.53. The molecule has 1 fully saturated rings. The number of aromatic amines is 1. The Kier molecular flexibility index (Phi) is 4.59. The number of thioether (sulfide) groups is 1. The highest BCUT2D eigenvalue weighted by Crippen LogP contribution is 2.30. The Bertz CT molecular complexity index is 500. The van der Waals surface area contributed by atoms with Gasteiger partial charge in [0.15, 0.2) is 0 Å². The third-order valence-corrected chi connectivity index (χ3v) is 3.40. The normalized spacial score (nSPS) is 23.4. The Labute approximate surface area is 107 Å². The van der Waals surface area contributed by atoms with E-state index in [0.717, 1.165) is 0 Å². The van der Waals surface area contributed by atoms with Crippen LogP contribution in [0.1, 0.15) is 13.2 Å².